The molecule has 2 bridgehead atoms. The molecule has 668 valence electrons. The largest absolute Gasteiger partial charge is 0.460 e. The van der Waals surface area contributed by atoms with Crippen molar-refractivity contribution < 1.29 is 106 Å². The highest BCUT2D eigenvalue weighted by molar-refractivity contribution is 6.39. The van der Waals surface area contributed by atoms with Gasteiger partial charge in [0.1, 0.15) is 53.8 Å². The number of rotatable bonds is 34. The number of aromatic nitrogens is 5. The number of aromatic amines is 1. The number of alkyl carbamates (subject to hydrolysis) is 1. The molecular weight excluding hydrogens is 1550 g/mol. The summed E-state index contributed by atoms with van der Waals surface area (Å²) in [5.41, 5.74) is 12.1. The van der Waals surface area contributed by atoms with Gasteiger partial charge in [0, 0.05) is 94.3 Å². The van der Waals surface area contributed by atoms with Crippen molar-refractivity contribution in [3.8, 4) is 11.4 Å². The van der Waals surface area contributed by atoms with Crippen molar-refractivity contribution in [2.75, 3.05) is 139 Å². The Kier molecular flexibility index (Phi) is 39.5. The average molecular weight is 1680 g/mol. The van der Waals surface area contributed by atoms with Gasteiger partial charge in [0.15, 0.2) is 11.6 Å². The van der Waals surface area contributed by atoms with Crippen LogP contribution >= 0.6 is 0 Å². The van der Waals surface area contributed by atoms with Gasteiger partial charge in [-0.05, 0) is 151 Å². The standard InChI is InChI=1S/C89H135N9O22/c1-56-18-13-12-14-19-57(2)73(108-9)53-68-29-23-63(8)89(107,120-68)82(102)86(104)97-33-16-15-22-70(97)87(105)118-74(54-71(99)59(4)49-62(7)80(101)81(110-11)79(100)61(6)48-56)60(5)50-64-24-30-72(75(51-64)109-10)119-88(106)92-32-35-112-37-39-114-41-43-116-45-47-117-46-44-115-42-40-113-38-36-111-34-31-91-85(103)66-27-25-65(26-28-66)84-96-77(78-83(90)93-55-94-98(78)84)69-52-67-21-17-20-58(3)76(67)95-69/h12-14,17-21,49,52,55-56,59-61,63-66,68,70-75,80-81,95,99,101,107H,15-16,22-48,50-51,53-54H2,1-11H3,(H,91,103)(H,92,106)(H2,90,93,94)/b14-12?,18-13+,57-19?,62-49+/t56-,59-,60-,61-,63-,64+,65?,66?,68+,70+,71-,72-,73+,74+,75-,80-,81+,89-/m1/s1. The lowest BCUT2D eigenvalue weighted by atomic mass is 9.78. The summed E-state index contributed by atoms with van der Waals surface area (Å²) in [5, 5.41) is 47.3. The van der Waals surface area contributed by atoms with Crippen LogP contribution in [0.5, 0.6) is 0 Å². The Morgan fingerprint density at radius 3 is 2.00 bits per heavy atom. The van der Waals surface area contributed by atoms with Gasteiger partial charge in [0.05, 0.1) is 123 Å². The van der Waals surface area contributed by atoms with Crippen molar-refractivity contribution in [3.63, 3.8) is 0 Å². The number of imidazole rings is 1. The Morgan fingerprint density at radius 2 is 1.37 bits per heavy atom. The molecule has 4 fully saturated rings. The van der Waals surface area contributed by atoms with E-state index in [4.69, 9.17) is 72.3 Å². The average Bonchev–Trinajstić information content (AvgIpc) is 1.56. The van der Waals surface area contributed by atoms with Crippen LogP contribution in [0.25, 0.3) is 27.8 Å². The molecule has 4 aromatic rings. The van der Waals surface area contributed by atoms with Crippen molar-refractivity contribution in [1.82, 2.24) is 40.1 Å². The number of anilines is 1. The van der Waals surface area contributed by atoms with Crippen molar-refractivity contribution in [2.24, 2.45) is 41.4 Å². The summed E-state index contributed by atoms with van der Waals surface area (Å²) in [6, 6.07) is 7.08. The van der Waals surface area contributed by atoms with Crippen LogP contribution in [-0.2, 0) is 85.6 Å². The molecule has 0 spiro atoms. The van der Waals surface area contributed by atoms with E-state index < -0.39 is 102 Å². The predicted octanol–water partition coefficient (Wildman–Crippen LogP) is 9.39. The minimum atomic E-state index is -2.47. The number of para-hydroxylation sites is 1. The number of amides is 3. The smallest absolute Gasteiger partial charge is 0.407 e. The lowest BCUT2D eigenvalue weighted by Crippen LogP contribution is -2.61. The topological polar surface area (TPSA) is 395 Å². The van der Waals surface area contributed by atoms with E-state index in [0.717, 1.165) is 64.9 Å². The number of Topliss-reactive ketones (excluding diaryl/α,β-unsaturated/α-hetero) is 2. The van der Waals surface area contributed by atoms with Crippen molar-refractivity contribution in [1.29, 1.82) is 0 Å². The van der Waals surface area contributed by atoms with E-state index >= 15 is 0 Å². The molecule has 0 unspecified atom stereocenters. The maximum Gasteiger partial charge on any atom is 0.407 e. The van der Waals surface area contributed by atoms with Crippen LogP contribution in [0, 0.1) is 48.3 Å². The molecular formula is C89H135N9O22. The summed E-state index contributed by atoms with van der Waals surface area (Å²) in [5.74, 6) is -6.64. The van der Waals surface area contributed by atoms with Gasteiger partial charge in [-0.15, -0.1) is 0 Å². The third-order valence-corrected chi connectivity index (χ3v) is 24.3. The summed E-state index contributed by atoms with van der Waals surface area (Å²) in [4.78, 5) is 98.1. The third kappa shape index (κ3) is 27.8. The molecule has 3 aromatic heterocycles. The molecule has 16 atom stereocenters. The minimum absolute atomic E-state index is 0.00578. The molecule has 31 heteroatoms. The second-order valence-corrected chi connectivity index (χ2v) is 33.2. The summed E-state index contributed by atoms with van der Waals surface area (Å²) >= 11 is 0. The number of nitrogens with two attached hydrogens (primary N) is 1. The molecule has 120 heavy (non-hydrogen) atoms. The lowest BCUT2D eigenvalue weighted by molar-refractivity contribution is -0.265. The summed E-state index contributed by atoms with van der Waals surface area (Å²) in [7, 11) is 4.52. The van der Waals surface area contributed by atoms with Crippen LogP contribution in [0.3, 0.4) is 0 Å². The highest BCUT2D eigenvalue weighted by atomic mass is 16.6. The zero-order valence-electron chi connectivity index (χ0n) is 72.4. The first-order chi connectivity index (χ1) is 57.8. The lowest BCUT2D eigenvalue weighted by Gasteiger charge is -2.43. The van der Waals surface area contributed by atoms with Gasteiger partial charge in [0.2, 0.25) is 11.7 Å². The number of hydrogen-bond acceptors (Lipinski definition) is 26. The Hall–Kier alpha value is -7.47. The number of allylic oxidation sites excluding steroid dienone is 5. The fourth-order valence-electron chi connectivity index (χ4n) is 17.1. The van der Waals surface area contributed by atoms with E-state index in [2.05, 4.69) is 50.8 Å². The van der Waals surface area contributed by atoms with Crippen molar-refractivity contribution in [2.45, 2.75) is 225 Å². The maximum absolute atomic E-state index is 14.8. The molecule has 9 rings (SSSR count). The highest BCUT2D eigenvalue weighted by Gasteiger charge is 2.53. The van der Waals surface area contributed by atoms with Gasteiger partial charge in [-0.1, -0.05) is 89.3 Å². The SMILES string of the molecule is CO[C@H]1C[C@@H]2CC[C@@H](C)[C@@](O)(O2)C(=O)C(=O)N2CCCC[C@H]2C(=O)O[C@H]([C@H](C)C[C@@H]2CC[C@@H](OC(=O)NCCOCCOCCOCCOCCOCCOCCOCCNC(=O)C3CCC(c4nc(-c5cc6cccc(C)c6[nH]5)c5c(N)ncnn45)CC3)[C@H](OC)C2)C[C@@H](O)[C@H](C)/C=C(\C)[C@@H](O)[C@@H](OC)C(=O)[C@H](C)C[C@H](C)/C=C/C=CC=C1C. The van der Waals surface area contributed by atoms with Gasteiger partial charge in [-0.2, -0.15) is 5.10 Å². The molecule has 3 amide bonds. The normalized spacial score (nSPS) is 29.2. The number of nitrogens with zero attached hydrogens (tertiary/aromatic N) is 5. The number of piperidine rings is 1. The first-order valence-corrected chi connectivity index (χ1v) is 43.3. The van der Waals surface area contributed by atoms with Crippen LogP contribution < -0.4 is 16.4 Å². The van der Waals surface area contributed by atoms with Crippen LogP contribution in [0.4, 0.5) is 10.6 Å². The zero-order chi connectivity index (χ0) is 86.3. The van der Waals surface area contributed by atoms with Crippen LogP contribution in [0.2, 0.25) is 0 Å². The Balaban J connectivity index is 0.617. The number of cyclic esters (lactones) is 1. The molecule has 0 radical (unpaired) electrons. The van der Waals surface area contributed by atoms with Gasteiger partial charge in [-0.3, -0.25) is 19.2 Å². The monoisotopic (exact) mass is 1680 g/mol. The summed E-state index contributed by atoms with van der Waals surface area (Å²) < 4.78 is 77.3. The number of ether oxygens (including phenoxy) is 13. The number of aliphatic hydroxyl groups excluding tert-OH is 2. The molecule has 2 saturated heterocycles. The fourth-order valence-corrected chi connectivity index (χ4v) is 17.1. The molecule has 2 saturated carbocycles. The molecule has 1 aromatic carbocycles. The second-order valence-electron chi connectivity index (χ2n) is 33.2. The van der Waals surface area contributed by atoms with Crippen LogP contribution in [0.1, 0.15) is 169 Å². The second kappa shape index (κ2) is 49.1. The van der Waals surface area contributed by atoms with Gasteiger partial charge in [0.25, 0.3) is 11.7 Å². The fraction of sp³-hybridized carbons (Fsp3) is 0.697. The Labute approximate surface area is 706 Å². The highest BCUT2D eigenvalue weighted by Crippen LogP contribution is 2.42. The van der Waals surface area contributed by atoms with Crippen LogP contribution in [0.15, 0.2) is 78.2 Å². The van der Waals surface area contributed by atoms with E-state index in [-0.39, 0.29) is 73.8 Å². The maximum atomic E-state index is 14.8. The van der Waals surface area contributed by atoms with Gasteiger partial charge in [-0.25, -0.2) is 24.1 Å². The number of methoxy groups -OCH3 is 3. The Bertz CT molecular complexity index is 4010. The molecule has 3 aliphatic heterocycles. The number of aryl methyl sites for hydroxylation is 1. The van der Waals surface area contributed by atoms with E-state index in [1.807, 2.05) is 68.7 Å². The van der Waals surface area contributed by atoms with E-state index in [1.54, 1.807) is 41.1 Å². The molecule has 5 aliphatic rings. The minimum Gasteiger partial charge on any atom is -0.460 e. The van der Waals surface area contributed by atoms with E-state index in [9.17, 15) is 44.1 Å². The first kappa shape index (κ1) is 96.4. The van der Waals surface area contributed by atoms with E-state index in [0.29, 0.717) is 174 Å². The van der Waals surface area contributed by atoms with Gasteiger partial charge < -0.3 is 103 Å². The number of fused-ring (bicyclic) bond motifs is 5. The summed E-state index contributed by atoms with van der Waals surface area (Å²) in [6.07, 6.45) is 13.5. The number of hydrogen-bond donors (Lipinski definition) is 7. The number of nitrogen functional groups attached to an aromatic ring is 1. The van der Waals surface area contributed by atoms with Gasteiger partial charge >= 0.3 is 12.1 Å². The zero-order valence-corrected chi connectivity index (χ0v) is 72.4. The van der Waals surface area contributed by atoms with E-state index in [1.165, 1.54) is 18.3 Å². The Morgan fingerprint density at radius 1 is 0.717 bits per heavy atom. The first-order valence-electron chi connectivity index (χ1n) is 43.3. The molecule has 6 heterocycles. The van der Waals surface area contributed by atoms with Crippen LogP contribution in [-0.4, -0.2) is 274 Å². The molecule has 31 nitrogen and oxygen atoms in total. The number of nitrogens with one attached hydrogen (secondary N) is 3. The number of esters is 1. The number of H-pyrrole nitrogens is 1. The predicted molar refractivity (Wildman–Crippen MR) is 449 cm³/mol. The van der Waals surface area contributed by atoms with Crippen molar-refractivity contribution >= 4 is 57.7 Å². The summed E-state index contributed by atoms with van der Waals surface area (Å²) in [6.45, 7) is 20.7. The quantitative estimate of drug-likeness (QED) is 0.00990. The number of benzene rings is 1. The number of aliphatic hydroxyl groups is 3. The number of carbonyl (C=O) groups excluding carboxylic acids is 6. The number of ketones is 2. The van der Waals surface area contributed by atoms with Crippen molar-refractivity contribution in [3.05, 3.63) is 89.6 Å². The molecule has 2 aliphatic carbocycles. The third-order valence-electron chi connectivity index (χ3n) is 24.3. The number of carbonyl (C=O) groups is 6. The molecule has 8 N–H and O–H groups in total.